The van der Waals surface area contributed by atoms with Crippen molar-refractivity contribution in [3.05, 3.63) is 39.9 Å². The van der Waals surface area contributed by atoms with E-state index in [0.717, 1.165) is 34.3 Å². The van der Waals surface area contributed by atoms with Crippen LogP contribution in [0.15, 0.2) is 24.3 Å². The van der Waals surface area contributed by atoms with Crippen molar-refractivity contribution in [3.63, 3.8) is 0 Å². The smallest absolute Gasteiger partial charge is 0.199 e. The molecule has 0 unspecified atom stereocenters. The maximum absolute atomic E-state index is 6.21. The van der Waals surface area contributed by atoms with Gasteiger partial charge in [-0.2, -0.15) is 5.10 Å². The zero-order valence-electron chi connectivity index (χ0n) is 13.0. The maximum Gasteiger partial charge on any atom is 0.199 e. The molecule has 0 atom stereocenters. The average molecular weight is 346 g/mol. The number of halogens is 1. The van der Waals surface area contributed by atoms with E-state index in [2.05, 4.69) is 15.7 Å². The molecule has 0 radical (unpaired) electrons. The third kappa shape index (κ3) is 2.14. The summed E-state index contributed by atoms with van der Waals surface area (Å²) in [7, 11) is 0. The third-order valence-corrected chi connectivity index (χ3v) is 6.76. The van der Waals surface area contributed by atoms with E-state index in [0.29, 0.717) is 4.77 Å². The van der Waals surface area contributed by atoms with Gasteiger partial charge in [-0.3, -0.25) is 9.67 Å². The Labute approximate surface area is 146 Å². The predicted molar refractivity (Wildman–Crippen MR) is 93.6 cm³/mol. The summed E-state index contributed by atoms with van der Waals surface area (Å²) in [5, 5.41) is 8.51. The Balaban J connectivity index is 1.66. The van der Waals surface area contributed by atoms with Gasteiger partial charge in [-0.1, -0.05) is 17.7 Å². The van der Waals surface area contributed by atoms with Crippen LogP contribution in [0.25, 0.3) is 5.69 Å². The number of H-pyrrole nitrogens is 1. The van der Waals surface area contributed by atoms with Crippen molar-refractivity contribution in [1.29, 1.82) is 0 Å². The first-order chi connectivity index (χ1) is 11.1. The fraction of sp³-hybridized carbons (Fsp3) is 0.556. The van der Waals surface area contributed by atoms with Crippen molar-refractivity contribution in [2.24, 2.45) is 17.8 Å². The standard InChI is InChI=1S/C18H20ClN3S/c19-14-2-1-3-15(7-14)22-16(20-21-17(22)23)18-8-11-4-12(9-18)6-13(5-11)10-18/h1-3,7,11-13H,4-6,8-10H2,(H,21,23). The highest BCUT2D eigenvalue weighted by Gasteiger charge is 2.53. The fourth-order valence-corrected chi connectivity index (χ4v) is 6.31. The van der Waals surface area contributed by atoms with Crippen LogP contribution in [0.3, 0.4) is 0 Å². The van der Waals surface area contributed by atoms with Gasteiger partial charge in [0.15, 0.2) is 4.77 Å². The van der Waals surface area contributed by atoms with Gasteiger partial charge >= 0.3 is 0 Å². The number of nitrogens with one attached hydrogen (secondary N) is 1. The summed E-state index contributed by atoms with van der Waals surface area (Å²) in [4.78, 5) is 0. The largest absolute Gasteiger partial charge is 0.272 e. The molecule has 4 saturated carbocycles. The lowest BCUT2D eigenvalue weighted by Gasteiger charge is -2.56. The molecule has 4 aliphatic rings. The van der Waals surface area contributed by atoms with E-state index in [9.17, 15) is 0 Å². The molecular formula is C18H20ClN3S. The molecule has 0 saturated heterocycles. The summed E-state index contributed by atoms with van der Waals surface area (Å²) in [5.41, 5.74) is 1.24. The first kappa shape index (κ1) is 14.2. The fourth-order valence-electron chi connectivity index (χ4n) is 5.89. The molecule has 2 aromatic rings. The molecule has 0 amide bonds. The van der Waals surface area contributed by atoms with Crippen LogP contribution in [-0.4, -0.2) is 14.8 Å². The first-order valence-electron chi connectivity index (χ1n) is 8.57. The summed E-state index contributed by atoms with van der Waals surface area (Å²) in [6.45, 7) is 0. The minimum atomic E-state index is 0.213. The summed E-state index contributed by atoms with van der Waals surface area (Å²) >= 11 is 11.8. The lowest BCUT2D eigenvalue weighted by Crippen LogP contribution is -2.49. The van der Waals surface area contributed by atoms with Crippen molar-refractivity contribution in [1.82, 2.24) is 14.8 Å². The van der Waals surface area contributed by atoms with E-state index < -0.39 is 0 Å². The lowest BCUT2D eigenvalue weighted by atomic mass is 9.49. The van der Waals surface area contributed by atoms with Gasteiger partial charge < -0.3 is 0 Å². The summed E-state index contributed by atoms with van der Waals surface area (Å²) in [5.74, 6) is 3.81. The van der Waals surface area contributed by atoms with E-state index in [1.807, 2.05) is 18.2 Å². The number of aromatic nitrogens is 3. The SMILES string of the molecule is S=c1[nH]nc(C23CC4CC(CC(C4)C2)C3)n1-c1cccc(Cl)c1. The van der Waals surface area contributed by atoms with E-state index in [1.54, 1.807) is 0 Å². The maximum atomic E-state index is 6.21. The van der Waals surface area contributed by atoms with E-state index >= 15 is 0 Å². The van der Waals surface area contributed by atoms with Gasteiger partial charge in [0.2, 0.25) is 0 Å². The monoisotopic (exact) mass is 345 g/mol. The zero-order chi connectivity index (χ0) is 15.6. The van der Waals surface area contributed by atoms with Crippen LogP contribution in [-0.2, 0) is 5.41 Å². The van der Waals surface area contributed by atoms with Crippen molar-refractivity contribution < 1.29 is 0 Å². The normalized spacial score (nSPS) is 34.9. The molecule has 1 aromatic carbocycles. The Bertz CT molecular complexity index is 786. The topological polar surface area (TPSA) is 33.6 Å². The zero-order valence-corrected chi connectivity index (χ0v) is 14.5. The molecule has 4 aliphatic carbocycles. The number of aromatic amines is 1. The van der Waals surface area contributed by atoms with Crippen molar-refractivity contribution in [2.45, 2.75) is 43.9 Å². The van der Waals surface area contributed by atoms with Gasteiger partial charge in [-0.15, -0.1) is 0 Å². The predicted octanol–water partition coefficient (Wildman–Crippen LogP) is 5.05. The first-order valence-corrected chi connectivity index (χ1v) is 9.35. The van der Waals surface area contributed by atoms with E-state index in [-0.39, 0.29) is 5.41 Å². The number of benzene rings is 1. The average Bonchev–Trinajstić information content (AvgIpc) is 2.88. The molecule has 4 bridgehead atoms. The minimum absolute atomic E-state index is 0.213. The lowest BCUT2D eigenvalue weighted by molar-refractivity contribution is -0.0102. The molecule has 5 heteroatoms. The van der Waals surface area contributed by atoms with E-state index in [4.69, 9.17) is 28.9 Å². The highest BCUT2D eigenvalue weighted by atomic mass is 35.5. The van der Waals surface area contributed by atoms with E-state index in [1.165, 1.54) is 38.5 Å². The number of rotatable bonds is 2. The molecule has 1 aromatic heterocycles. The van der Waals surface area contributed by atoms with Crippen molar-refractivity contribution in [3.8, 4) is 5.69 Å². The van der Waals surface area contributed by atoms with Crippen molar-refractivity contribution >= 4 is 23.8 Å². The van der Waals surface area contributed by atoms with Gasteiger partial charge in [0.05, 0.1) is 5.69 Å². The summed E-state index contributed by atoms with van der Waals surface area (Å²) < 4.78 is 2.81. The van der Waals surface area contributed by atoms with Crippen LogP contribution in [0.1, 0.15) is 44.3 Å². The molecule has 120 valence electrons. The minimum Gasteiger partial charge on any atom is -0.272 e. The van der Waals surface area contributed by atoms with Crippen molar-refractivity contribution in [2.75, 3.05) is 0 Å². The van der Waals surface area contributed by atoms with Gasteiger partial charge in [0.1, 0.15) is 5.82 Å². The Morgan fingerprint density at radius 3 is 2.39 bits per heavy atom. The Kier molecular flexibility index (Phi) is 3.05. The quantitative estimate of drug-likeness (QED) is 0.772. The van der Waals surface area contributed by atoms with Crippen LogP contribution in [0.4, 0.5) is 0 Å². The highest BCUT2D eigenvalue weighted by molar-refractivity contribution is 7.71. The molecule has 0 spiro atoms. The van der Waals surface area contributed by atoms with Crippen LogP contribution in [0.5, 0.6) is 0 Å². The molecular weight excluding hydrogens is 326 g/mol. The number of nitrogens with zero attached hydrogens (tertiary/aromatic N) is 2. The summed E-state index contributed by atoms with van der Waals surface area (Å²) in [6.07, 6.45) is 8.13. The Hall–Kier alpha value is -1.13. The Morgan fingerprint density at radius 2 is 1.78 bits per heavy atom. The van der Waals surface area contributed by atoms with Crippen LogP contribution in [0.2, 0.25) is 5.02 Å². The molecule has 1 heterocycles. The number of hydrogen-bond donors (Lipinski definition) is 1. The Morgan fingerprint density at radius 1 is 1.13 bits per heavy atom. The number of hydrogen-bond acceptors (Lipinski definition) is 2. The second-order valence-electron chi connectivity index (χ2n) is 7.87. The van der Waals surface area contributed by atoms with Gasteiger partial charge in [-0.25, -0.2) is 0 Å². The summed E-state index contributed by atoms with van der Waals surface area (Å²) in [6, 6.07) is 7.94. The van der Waals surface area contributed by atoms with Gasteiger partial charge in [0, 0.05) is 10.4 Å². The molecule has 1 N–H and O–H groups in total. The highest BCUT2D eigenvalue weighted by Crippen LogP contribution is 2.60. The van der Waals surface area contributed by atoms with Gasteiger partial charge in [0.25, 0.3) is 0 Å². The molecule has 6 rings (SSSR count). The van der Waals surface area contributed by atoms with Gasteiger partial charge in [-0.05, 0) is 86.7 Å². The molecule has 3 nitrogen and oxygen atoms in total. The third-order valence-electron chi connectivity index (χ3n) is 6.25. The molecule has 0 aliphatic heterocycles. The second kappa shape index (κ2) is 4.93. The second-order valence-corrected chi connectivity index (χ2v) is 8.69. The molecule has 4 fully saturated rings. The van der Waals surface area contributed by atoms with Crippen LogP contribution < -0.4 is 0 Å². The van der Waals surface area contributed by atoms with Crippen LogP contribution in [0, 0.1) is 22.5 Å². The van der Waals surface area contributed by atoms with Crippen LogP contribution >= 0.6 is 23.8 Å². The molecule has 23 heavy (non-hydrogen) atoms.